The van der Waals surface area contributed by atoms with Gasteiger partial charge in [0.1, 0.15) is 11.5 Å². The summed E-state index contributed by atoms with van der Waals surface area (Å²) in [6, 6.07) is 22.5. The van der Waals surface area contributed by atoms with Crippen LogP contribution in [0.4, 0.5) is 0 Å². The number of Topliss-reactive ketones (excluding diaryl/α,β-unsaturated/α-hetero) is 1. The van der Waals surface area contributed by atoms with E-state index >= 15 is 0 Å². The predicted octanol–water partition coefficient (Wildman–Crippen LogP) is 4.06. The zero-order valence-corrected chi connectivity index (χ0v) is 15.1. The monoisotopic (exact) mass is 374 g/mol. The molecule has 3 aromatic carbocycles. The van der Waals surface area contributed by atoms with E-state index < -0.39 is 0 Å². The SMILES string of the molecule is COc1cc(OC)cc(C(=O)C#Cc2ccc[cH-]2)c1.[Fe+2].c1cc[cH-]c1. The van der Waals surface area contributed by atoms with Crippen molar-refractivity contribution in [2.45, 2.75) is 0 Å². The van der Waals surface area contributed by atoms with Gasteiger partial charge in [-0.05, 0) is 12.1 Å². The molecule has 0 N–H and O–H groups in total. The number of hydrogen-bond acceptors (Lipinski definition) is 3. The molecule has 25 heavy (non-hydrogen) atoms. The Hall–Kier alpha value is -2.73. The van der Waals surface area contributed by atoms with Gasteiger partial charge in [0.2, 0.25) is 5.78 Å². The smallest absolute Gasteiger partial charge is 0.497 e. The Morgan fingerprint density at radius 3 is 2.04 bits per heavy atom. The van der Waals surface area contributed by atoms with Crippen LogP contribution in [0.15, 0.2) is 72.8 Å². The molecule has 0 aromatic heterocycles. The van der Waals surface area contributed by atoms with Gasteiger partial charge in [-0.3, -0.25) is 4.79 Å². The average molecular weight is 374 g/mol. The maximum atomic E-state index is 12.0. The minimum absolute atomic E-state index is 0. The molecule has 0 unspecified atom stereocenters. The van der Waals surface area contributed by atoms with Crippen molar-refractivity contribution in [2.24, 2.45) is 0 Å². The molecule has 128 valence electrons. The maximum Gasteiger partial charge on any atom is 2.00 e. The summed E-state index contributed by atoms with van der Waals surface area (Å²) in [4.78, 5) is 12.0. The second kappa shape index (κ2) is 10.9. The van der Waals surface area contributed by atoms with Crippen molar-refractivity contribution < 1.29 is 31.3 Å². The third-order valence-corrected chi connectivity index (χ3v) is 3.15. The van der Waals surface area contributed by atoms with E-state index in [2.05, 4.69) is 11.8 Å². The first-order valence-corrected chi connectivity index (χ1v) is 7.40. The summed E-state index contributed by atoms with van der Waals surface area (Å²) < 4.78 is 10.2. The van der Waals surface area contributed by atoms with Gasteiger partial charge in [0.05, 0.1) is 14.2 Å². The standard InChI is InChI=1S/C16H13O3.C5H5.Fe/c1-18-14-9-13(10-15(11-14)19-2)16(17)8-7-12-5-3-4-6-12;1-2-4-5-3-1;/h3-6,9-11H,1-2H3;1-5H;/q2*-1;+2. The first-order valence-electron chi connectivity index (χ1n) is 7.40. The second-order valence-electron chi connectivity index (χ2n) is 4.82. The Morgan fingerprint density at radius 1 is 0.960 bits per heavy atom. The van der Waals surface area contributed by atoms with Crippen molar-refractivity contribution in [2.75, 3.05) is 14.2 Å². The number of rotatable bonds is 3. The molecular weight excluding hydrogens is 356 g/mol. The van der Waals surface area contributed by atoms with Crippen LogP contribution in [-0.2, 0) is 17.1 Å². The molecule has 0 radical (unpaired) electrons. The van der Waals surface area contributed by atoms with E-state index in [-0.39, 0.29) is 22.9 Å². The van der Waals surface area contributed by atoms with E-state index in [4.69, 9.17) is 9.47 Å². The van der Waals surface area contributed by atoms with Crippen molar-refractivity contribution in [3.05, 3.63) is 83.9 Å². The molecule has 3 nitrogen and oxygen atoms in total. The zero-order valence-electron chi connectivity index (χ0n) is 14.0. The average Bonchev–Trinajstić information content (AvgIpc) is 3.35. The van der Waals surface area contributed by atoms with Crippen LogP contribution in [0.1, 0.15) is 15.9 Å². The molecule has 0 amide bonds. The molecule has 0 aliphatic carbocycles. The Labute approximate surface area is 158 Å². The second-order valence-corrected chi connectivity index (χ2v) is 4.82. The van der Waals surface area contributed by atoms with E-state index in [9.17, 15) is 4.79 Å². The molecule has 0 bridgehead atoms. The summed E-state index contributed by atoms with van der Waals surface area (Å²) >= 11 is 0. The molecular formula is C21H18FeO3. The molecule has 0 spiro atoms. The molecule has 3 rings (SSSR count). The summed E-state index contributed by atoms with van der Waals surface area (Å²) in [7, 11) is 3.08. The summed E-state index contributed by atoms with van der Waals surface area (Å²) in [5, 5.41) is 0. The third kappa shape index (κ3) is 6.72. The molecule has 0 saturated heterocycles. The Kier molecular flexibility index (Phi) is 8.89. The Bertz CT molecular complexity index is 767. The number of methoxy groups -OCH3 is 2. The third-order valence-electron chi connectivity index (χ3n) is 3.15. The van der Waals surface area contributed by atoms with Crippen molar-refractivity contribution in [3.8, 4) is 23.3 Å². The maximum absolute atomic E-state index is 12.0. The zero-order chi connectivity index (χ0) is 17.2. The van der Waals surface area contributed by atoms with Gasteiger partial charge in [-0.1, -0.05) is 5.92 Å². The van der Waals surface area contributed by atoms with Crippen molar-refractivity contribution in [1.82, 2.24) is 0 Å². The fraction of sp³-hybridized carbons (Fsp3) is 0.0952. The Balaban J connectivity index is 0.000000448. The largest absolute Gasteiger partial charge is 2.00 e. The Morgan fingerprint density at radius 2 is 1.60 bits per heavy atom. The number of ketones is 1. The minimum atomic E-state index is -0.265. The number of carbonyl (C=O) groups excluding carboxylic acids is 1. The molecule has 0 atom stereocenters. The molecule has 0 aliphatic rings. The van der Waals surface area contributed by atoms with E-state index in [1.54, 1.807) is 32.4 Å². The quantitative estimate of drug-likeness (QED) is 0.300. The van der Waals surface area contributed by atoms with Gasteiger partial charge in [0.15, 0.2) is 0 Å². The fourth-order valence-electron chi connectivity index (χ4n) is 1.92. The van der Waals surface area contributed by atoms with Gasteiger partial charge >= 0.3 is 17.1 Å². The first kappa shape index (κ1) is 20.3. The summed E-state index contributed by atoms with van der Waals surface area (Å²) in [5.74, 6) is 6.29. The van der Waals surface area contributed by atoms with E-state index in [0.717, 1.165) is 5.56 Å². The van der Waals surface area contributed by atoms with Gasteiger partial charge in [0.25, 0.3) is 0 Å². The molecule has 0 heterocycles. The van der Waals surface area contributed by atoms with Crippen LogP contribution in [0.25, 0.3) is 0 Å². The minimum Gasteiger partial charge on any atom is -0.497 e. The predicted molar refractivity (Wildman–Crippen MR) is 94.8 cm³/mol. The number of benzene rings is 1. The van der Waals surface area contributed by atoms with E-state index in [1.165, 1.54) is 0 Å². The van der Waals surface area contributed by atoms with Gasteiger partial charge < -0.3 is 9.47 Å². The molecule has 0 fully saturated rings. The van der Waals surface area contributed by atoms with Gasteiger partial charge in [-0.25, -0.2) is 12.1 Å². The van der Waals surface area contributed by atoms with Crippen LogP contribution < -0.4 is 9.47 Å². The first-order chi connectivity index (χ1) is 11.7. The van der Waals surface area contributed by atoms with Crippen LogP contribution in [0.3, 0.4) is 0 Å². The van der Waals surface area contributed by atoms with Crippen LogP contribution in [0.5, 0.6) is 11.5 Å². The fourth-order valence-corrected chi connectivity index (χ4v) is 1.92. The topological polar surface area (TPSA) is 35.5 Å². The van der Waals surface area contributed by atoms with E-state index in [0.29, 0.717) is 17.1 Å². The van der Waals surface area contributed by atoms with Crippen LogP contribution in [0.2, 0.25) is 0 Å². The van der Waals surface area contributed by atoms with Crippen LogP contribution in [-0.4, -0.2) is 20.0 Å². The summed E-state index contributed by atoms with van der Waals surface area (Å²) in [6.07, 6.45) is 0. The van der Waals surface area contributed by atoms with Crippen LogP contribution in [0, 0.1) is 11.8 Å². The summed E-state index contributed by atoms with van der Waals surface area (Å²) in [5.41, 5.74) is 1.28. The number of carbonyl (C=O) groups is 1. The van der Waals surface area contributed by atoms with Gasteiger partial charge in [0, 0.05) is 11.6 Å². The van der Waals surface area contributed by atoms with Gasteiger partial charge in [-0.15, -0.1) is 11.6 Å². The molecule has 3 aromatic rings. The molecule has 0 aliphatic heterocycles. The van der Waals surface area contributed by atoms with Crippen molar-refractivity contribution >= 4 is 5.78 Å². The van der Waals surface area contributed by atoms with Crippen LogP contribution >= 0.6 is 0 Å². The van der Waals surface area contributed by atoms with E-state index in [1.807, 2.05) is 54.6 Å². The van der Waals surface area contributed by atoms with Gasteiger partial charge in [-0.2, -0.15) is 42.3 Å². The molecule has 4 heteroatoms. The summed E-state index contributed by atoms with van der Waals surface area (Å²) in [6.45, 7) is 0. The number of hydrogen-bond donors (Lipinski definition) is 0. The number of ether oxygens (including phenoxy) is 2. The van der Waals surface area contributed by atoms with Crippen molar-refractivity contribution in [1.29, 1.82) is 0 Å². The molecule has 0 saturated carbocycles. The van der Waals surface area contributed by atoms with Crippen molar-refractivity contribution in [3.63, 3.8) is 0 Å². The normalized spacial score (nSPS) is 8.72.